The maximum Gasteiger partial charge on any atom is 0.191 e. The van der Waals surface area contributed by atoms with E-state index in [-0.39, 0.29) is 24.2 Å². The van der Waals surface area contributed by atoms with Crippen LogP contribution in [-0.2, 0) is 16.4 Å². The molecule has 0 fully saturated rings. The van der Waals surface area contributed by atoms with E-state index in [2.05, 4.69) is 15.6 Å². The second-order valence-corrected chi connectivity index (χ2v) is 7.90. The van der Waals surface area contributed by atoms with Crippen molar-refractivity contribution < 1.29 is 12.8 Å². The highest BCUT2D eigenvalue weighted by Gasteiger charge is 2.21. The average Bonchev–Trinajstić information content (AvgIpc) is 2.66. The van der Waals surface area contributed by atoms with Gasteiger partial charge in [-0.25, -0.2) is 12.8 Å². The third kappa shape index (κ3) is 5.56. The molecule has 0 amide bonds. The van der Waals surface area contributed by atoms with Crippen LogP contribution >= 0.6 is 0 Å². The Morgan fingerprint density at radius 3 is 2.38 bits per heavy atom. The topological polar surface area (TPSA) is 70.6 Å². The van der Waals surface area contributed by atoms with Crippen molar-refractivity contribution in [1.82, 2.24) is 10.6 Å². The second-order valence-electron chi connectivity index (χ2n) is 5.86. The smallest absolute Gasteiger partial charge is 0.191 e. The largest absolute Gasteiger partial charge is 0.353 e. The first-order valence-corrected chi connectivity index (χ1v) is 10.1. The summed E-state index contributed by atoms with van der Waals surface area (Å²) in [6.45, 7) is 2.16. The molecule has 0 aliphatic rings. The fourth-order valence-electron chi connectivity index (χ4n) is 2.46. The Labute approximate surface area is 154 Å². The number of sulfone groups is 1. The van der Waals surface area contributed by atoms with Gasteiger partial charge in [-0.1, -0.05) is 43.3 Å². The minimum Gasteiger partial charge on any atom is -0.353 e. The zero-order chi connectivity index (χ0) is 19.0. The molecule has 2 aromatic rings. The van der Waals surface area contributed by atoms with Crippen LogP contribution in [0.25, 0.3) is 0 Å². The van der Waals surface area contributed by atoms with E-state index in [1.807, 2.05) is 6.92 Å². The highest BCUT2D eigenvalue weighted by Crippen LogP contribution is 2.12. The molecule has 0 aliphatic heterocycles. The van der Waals surface area contributed by atoms with Crippen molar-refractivity contribution in [3.05, 3.63) is 66.0 Å². The summed E-state index contributed by atoms with van der Waals surface area (Å²) >= 11 is 0. The molecule has 1 unspecified atom stereocenters. The fraction of sp³-hybridized carbons (Fsp3) is 0.316. The third-order valence-corrected chi connectivity index (χ3v) is 5.82. The predicted octanol–water partition coefficient (Wildman–Crippen LogP) is 2.74. The maximum atomic E-state index is 13.7. The monoisotopic (exact) mass is 377 g/mol. The van der Waals surface area contributed by atoms with E-state index in [1.165, 1.54) is 6.07 Å². The molecule has 0 spiro atoms. The maximum absolute atomic E-state index is 13.7. The molecule has 0 aliphatic carbocycles. The minimum atomic E-state index is -3.40. The summed E-state index contributed by atoms with van der Waals surface area (Å²) in [5.41, 5.74) is 0.514. The van der Waals surface area contributed by atoms with Crippen molar-refractivity contribution in [2.24, 2.45) is 4.99 Å². The van der Waals surface area contributed by atoms with Crippen LogP contribution in [0.3, 0.4) is 0 Å². The average molecular weight is 377 g/mol. The molecule has 0 aromatic heterocycles. The molecule has 7 heteroatoms. The molecule has 2 N–H and O–H groups in total. The van der Waals surface area contributed by atoms with Gasteiger partial charge in [0.2, 0.25) is 0 Å². The van der Waals surface area contributed by atoms with Gasteiger partial charge in [0.25, 0.3) is 0 Å². The Morgan fingerprint density at radius 2 is 1.77 bits per heavy atom. The number of rotatable bonds is 7. The van der Waals surface area contributed by atoms with Crippen molar-refractivity contribution >= 4 is 15.8 Å². The van der Waals surface area contributed by atoms with E-state index in [9.17, 15) is 12.8 Å². The van der Waals surface area contributed by atoms with Crippen LogP contribution in [0.1, 0.15) is 18.9 Å². The number of benzene rings is 2. The van der Waals surface area contributed by atoms with Crippen LogP contribution in [0, 0.1) is 5.82 Å². The van der Waals surface area contributed by atoms with E-state index in [0.717, 1.165) is 0 Å². The highest BCUT2D eigenvalue weighted by atomic mass is 32.2. The molecule has 140 valence electrons. The number of nitrogens with zero attached hydrogens (tertiary/aromatic N) is 1. The first-order valence-electron chi connectivity index (χ1n) is 8.44. The zero-order valence-electron chi connectivity index (χ0n) is 14.9. The first kappa shape index (κ1) is 19.9. The van der Waals surface area contributed by atoms with Gasteiger partial charge in [0.1, 0.15) is 5.82 Å². The lowest BCUT2D eigenvalue weighted by atomic mass is 10.2. The lowest BCUT2D eigenvalue weighted by Crippen LogP contribution is -2.45. The van der Waals surface area contributed by atoms with Gasteiger partial charge in [-0.3, -0.25) is 4.99 Å². The van der Waals surface area contributed by atoms with Crippen LogP contribution in [0.5, 0.6) is 0 Å². The molecule has 0 radical (unpaired) electrons. The van der Waals surface area contributed by atoms with Crippen molar-refractivity contribution in [1.29, 1.82) is 0 Å². The van der Waals surface area contributed by atoms with E-state index >= 15 is 0 Å². The quantitative estimate of drug-likeness (QED) is 0.575. The van der Waals surface area contributed by atoms with Gasteiger partial charge in [0, 0.05) is 25.2 Å². The number of hydrogen-bond acceptors (Lipinski definition) is 3. The van der Waals surface area contributed by atoms with Gasteiger partial charge in [-0.2, -0.15) is 0 Å². The molecule has 0 bridgehead atoms. The van der Waals surface area contributed by atoms with Crippen LogP contribution in [0.15, 0.2) is 64.5 Å². The van der Waals surface area contributed by atoms with Crippen LogP contribution in [0.2, 0.25) is 0 Å². The van der Waals surface area contributed by atoms with Gasteiger partial charge in [0.05, 0.1) is 10.6 Å². The van der Waals surface area contributed by atoms with Crippen LogP contribution in [-0.4, -0.2) is 33.2 Å². The lowest BCUT2D eigenvalue weighted by molar-refractivity contribution is 0.567. The van der Waals surface area contributed by atoms with Gasteiger partial charge in [0.15, 0.2) is 15.8 Å². The van der Waals surface area contributed by atoms with E-state index in [0.29, 0.717) is 22.8 Å². The first-order chi connectivity index (χ1) is 12.5. The standard InChI is InChI=1S/C19H24FN3O2S/c1-3-16(14-26(24,25)17-10-5-4-6-11-17)23-19(21-2)22-13-15-9-7-8-12-18(15)20/h4-12,16H,3,13-14H2,1-2H3,(H2,21,22,23). The van der Waals surface area contributed by atoms with Crippen molar-refractivity contribution in [3.63, 3.8) is 0 Å². The minimum absolute atomic E-state index is 0.0477. The molecule has 0 saturated heterocycles. The number of guanidine groups is 1. The molecule has 1 atom stereocenters. The molecule has 0 saturated carbocycles. The van der Waals surface area contributed by atoms with Gasteiger partial charge < -0.3 is 10.6 Å². The number of nitrogens with one attached hydrogen (secondary N) is 2. The summed E-state index contributed by atoms with van der Waals surface area (Å²) in [5, 5.41) is 6.13. The summed E-state index contributed by atoms with van der Waals surface area (Å²) in [7, 11) is -1.81. The Bertz CT molecular complexity index is 839. The Balaban J connectivity index is 2.00. The predicted molar refractivity (Wildman–Crippen MR) is 102 cm³/mol. The SMILES string of the molecule is CCC(CS(=O)(=O)c1ccccc1)NC(=NC)NCc1ccccc1F. The summed E-state index contributed by atoms with van der Waals surface area (Å²) in [6.07, 6.45) is 0.604. The zero-order valence-corrected chi connectivity index (χ0v) is 15.8. The molecule has 2 aromatic carbocycles. The highest BCUT2D eigenvalue weighted by molar-refractivity contribution is 7.91. The molecule has 0 heterocycles. The van der Waals surface area contributed by atoms with E-state index in [4.69, 9.17) is 0 Å². The summed E-state index contributed by atoms with van der Waals surface area (Å²) < 4.78 is 38.8. The Morgan fingerprint density at radius 1 is 1.12 bits per heavy atom. The molecular weight excluding hydrogens is 353 g/mol. The van der Waals surface area contributed by atoms with Crippen molar-refractivity contribution in [3.8, 4) is 0 Å². The van der Waals surface area contributed by atoms with E-state index in [1.54, 1.807) is 55.6 Å². The summed E-state index contributed by atoms with van der Waals surface area (Å²) in [4.78, 5) is 4.40. The van der Waals surface area contributed by atoms with E-state index < -0.39 is 9.84 Å². The summed E-state index contributed by atoms with van der Waals surface area (Å²) in [6, 6.07) is 14.5. The number of aliphatic imine (C=N–C) groups is 1. The van der Waals surface area contributed by atoms with Crippen molar-refractivity contribution in [2.45, 2.75) is 30.8 Å². The van der Waals surface area contributed by atoms with Gasteiger partial charge in [-0.05, 0) is 24.6 Å². The molecule has 5 nitrogen and oxygen atoms in total. The molecular formula is C19H24FN3O2S. The fourth-order valence-corrected chi connectivity index (χ4v) is 4.07. The Kier molecular flexibility index (Phi) is 7.15. The van der Waals surface area contributed by atoms with Crippen molar-refractivity contribution in [2.75, 3.05) is 12.8 Å². The molecule has 26 heavy (non-hydrogen) atoms. The number of hydrogen-bond donors (Lipinski definition) is 2. The lowest BCUT2D eigenvalue weighted by Gasteiger charge is -2.20. The Hall–Kier alpha value is -2.41. The number of halogens is 1. The summed E-state index contributed by atoms with van der Waals surface area (Å²) in [5.74, 6) is 0.0889. The molecule has 2 rings (SSSR count). The van der Waals surface area contributed by atoms with Crippen LogP contribution in [0.4, 0.5) is 4.39 Å². The van der Waals surface area contributed by atoms with Gasteiger partial charge >= 0.3 is 0 Å². The second kappa shape index (κ2) is 9.33. The van der Waals surface area contributed by atoms with Gasteiger partial charge in [-0.15, -0.1) is 0 Å². The normalized spacial score (nSPS) is 13.3. The van der Waals surface area contributed by atoms with Crippen LogP contribution < -0.4 is 10.6 Å². The third-order valence-electron chi connectivity index (χ3n) is 3.98.